The van der Waals surface area contributed by atoms with E-state index in [1.165, 1.54) is 58.2 Å². The molecule has 0 spiro atoms. The molecule has 18 heavy (non-hydrogen) atoms. The Morgan fingerprint density at radius 1 is 0.889 bits per heavy atom. The number of rotatable bonds is 8. The molecule has 0 bridgehead atoms. The van der Waals surface area contributed by atoms with Gasteiger partial charge in [0, 0.05) is 0 Å². The average molecular weight is 247 g/mol. The monoisotopic (exact) mass is 247 g/mol. The lowest BCUT2D eigenvalue weighted by atomic mass is 10.2. The van der Waals surface area contributed by atoms with Crippen LogP contribution >= 0.6 is 0 Å². The van der Waals surface area contributed by atoms with Gasteiger partial charge in [-0.3, -0.25) is 0 Å². The smallest absolute Gasteiger partial charge is 0.119 e. The summed E-state index contributed by atoms with van der Waals surface area (Å²) in [6.45, 7) is 4.82. The Labute approximate surface area is 111 Å². The van der Waals surface area contributed by atoms with Gasteiger partial charge in [-0.1, -0.05) is 31.0 Å². The Kier molecular flexibility index (Phi) is 6.07. The topological polar surface area (TPSA) is 12.5 Å². The van der Waals surface area contributed by atoms with Crippen molar-refractivity contribution in [1.82, 2.24) is 4.90 Å². The van der Waals surface area contributed by atoms with Gasteiger partial charge in [0.2, 0.25) is 0 Å². The number of nitrogens with zero attached hydrogens (tertiary/aromatic N) is 1. The first-order valence-electron chi connectivity index (χ1n) is 7.35. The standard InChI is InChI=1S/C16H25NO/c1(6-12-17-13-7-8-14-17)2-9-15-18-16-10-4-3-5-11-16/h3-5,10-11H,1-2,6-9,12-15H2. The first-order chi connectivity index (χ1) is 8.95. The second-order valence-electron chi connectivity index (χ2n) is 5.12. The summed E-state index contributed by atoms with van der Waals surface area (Å²) in [6.07, 6.45) is 7.98. The Hall–Kier alpha value is -1.02. The van der Waals surface area contributed by atoms with Gasteiger partial charge in [0.1, 0.15) is 5.75 Å². The van der Waals surface area contributed by atoms with Gasteiger partial charge < -0.3 is 9.64 Å². The average Bonchev–Trinajstić information content (AvgIpc) is 2.92. The molecule has 1 aromatic rings. The van der Waals surface area contributed by atoms with Crippen molar-refractivity contribution in [1.29, 1.82) is 0 Å². The molecule has 0 N–H and O–H groups in total. The fourth-order valence-electron chi connectivity index (χ4n) is 2.50. The summed E-state index contributed by atoms with van der Waals surface area (Å²) in [7, 11) is 0. The van der Waals surface area contributed by atoms with Crippen LogP contribution in [0.4, 0.5) is 0 Å². The molecule has 1 saturated heterocycles. The van der Waals surface area contributed by atoms with Crippen molar-refractivity contribution in [2.45, 2.75) is 38.5 Å². The van der Waals surface area contributed by atoms with E-state index >= 15 is 0 Å². The van der Waals surface area contributed by atoms with Crippen molar-refractivity contribution < 1.29 is 4.74 Å². The van der Waals surface area contributed by atoms with E-state index in [4.69, 9.17) is 4.74 Å². The molecule has 0 saturated carbocycles. The van der Waals surface area contributed by atoms with E-state index in [9.17, 15) is 0 Å². The summed E-state index contributed by atoms with van der Waals surface area (Å²) >= 11 is 0. The minimum Gasteiger partial charge on any atom is -0.494 e. The third kappa shape index (κ3) is 5.09. The zero-order chi connectivity index (χ0) is 12.5. The second-order valence-corrected chi connectivity index (χ2v) is 5.12. The lowest BCUT2D eigenvalue weighted by molar-refractivity contribution is 0.297. The molecule has 0 aromatic heterocycles. The van der Waals surface area contributed by atoms with E-state index < -0.39 is 0 Å². The highest BCUT2D eigenvalue weighted by Crippen LogP contribution is 2.11. The largest absolute Gasteiger partial charge is 0.494 e. The van der Waals surface area contributed by atoms with Crippen LogP contribution in [0.3, 0.4) is 0 Å². The summed E-state index contributed by atoms with van der Waals surface area (Å²) in [5.41, 5.74) is 0. The van der Waals surface area contributed by atoms with Gasteiger partial charge in [0.15, 0.2) is 0 Å². The van der Waals surface area contributed by atoms with Gasteiger partial charge in [-0.05, 0) is 57.5 Å². The predicted molar refractivity (Wildman–Crippen MR) is 76.1 cm³/mol. The lowest BCUT2D eigenvalue weighted by Gasteiger charge is -2.13. The van der Waals surface area contributed by atoms with Gasteiger partial charge >= 0.3 is 0 Å². The molecule has 1 aliphatic rings. The fourth-order valence-corrected chi connectivity index (χ4v) is 2.50. The molecule has 2 nitrogen and oxygen atoms in total. The van der Waals surface area contributed by atoms with Crippen LogP contribution in [0, 0.1) is 0 Å². The van der Waals surface area contributed by atoms with Crippen molar-refractivity contribution in [3.8, 4) is 5.75 Å². The van der Waals surface area contributed by atoms with Crippen LogP contribution in [0.1, 0.15) is 38.5 Å². The fraction of sp³-hybridized carbons (Fsp3) is 0.625. The Morgan fingerprint density at radius 2 is 1.61 bits per heavy atom. The predicted octanol–water partition coefficient (Wildman–Crippen LogP) is 3.72. The third-order valence-electron chi connectivity index (χ3n) is 3.58. The number of likely N-dealkylation sites (tertiary alicyclic amines) is 1. The van der Waals surface area contributed by atoms with E-state index in [1.807, 2.05) is 30.3 Å². The maximum absolute atomic E-state index is 5.68. The van der Waals surface area contributed by atoms with Gasteiger partial charge in [-0.25, -0.2) is 0 Å². The van der Waals surface area contributed by atoms with Crippen molar-refractivity contribution in [2.24, 2.45) is 0 Å². The number of para-hydroxylation sites is 1. The molecule has 1 fully saturated rings. The number of benzene rings is 1. The maximum atomic E-state index is 5.68. The molecule has 0 aliphatic carbocycles. The van der Waals surface area contributed by atoms with Crippen LogP contribution in [-0.4, -0.2) is 31.1 Å². The van der Waals surface area contributed by atoms with E-state index in [0.717, 1.165) is 12.4 Å². The zero-order valence-electron chi connectivity index (χ0n) is 11.3. The van der Waals surface area contributed by atoms with Gasteiger partial charge in [-0.2, -0.15) is 0 Å². The van der Waals surface area contributed by atoms with Crippen LogP contribution in [0.5, 0.6) is 5.75 Å². The first kappa shape index (κ1) is 13.4. The van der Waals surface area contributed by atoms with Gasteiger partial charge in [0.05, 0.1) is 6.61 Å². The number of hydrogen-bond acceptors (Lipinski definition) is 2. The van der Waals surface area contributed by atoms with Crippen molar-refractivity contribution >= 4 is 0 Å². The molecule has 1 aromatic carbocycles. The number of unbranched alkanes of at least 4 members (excludes halogenated alkanes) is 3. The second kappa shape index (κ2) is 8.15. The van der Waals surface area contributed by atoms with E-state index in [1.54, 1.807) is 0 Å². The van der Waals surface area contributed by atoms with Crippen LogP contribution in [-0.2, 0) is 0 Å². The van der Waals surface area contributed by atoms with E-state index in [0.29, 0.717) is 0 Å². The molecule has 0 atom stereocenters. The minimum absolute atomic E-state index is 0.855. The molecular weight excluding hydrogens is 222 g/mol. The van der Waals surface area contributed by atoms with Crippen molar-refractivity contribution in [3.63, 3.8) is 0 Å². The number of ether oxygens (including phenoxy) is 1. The molecular formula is C16H25NO. The molecule has 0 amide bonds. The summed E-state index contributed by atoms with van der Waals surface area (Å²) in [5.74, 6) is 0.995. The van der Waals surface area contributed by atoms with Crippen molar-refractivity contribution in [3.05, 3.63) is 30.3 Å². The molecule has 2 heteroatoms. The van der Waals surface area contributed by atoms with Crippen LogP contribution in [0.2, 0.25) is 0 Å². The molecule has 0 unspecified atom stereocenters. The Bertz CT molecular complexity index is 306. The quantitative estimate of drug-likeness (QED) is 0.649. The molecule has 100 valence electrons. The normalized spacial score (nSPS) is 16.0. The highest BCUT2D eigenvalue weighted by Gasteiger charge is 2.09. The van der Waals surface area contributed by atoms with Crippen LogP contribution in [0.15, 0.2) is 30.3 Å². The van der Waals surface area contributed by atoms with Crippen molar-refractivity contribution in [2.75, 3.05) is 26.2 Å². The Balaban J connectivity index is 1.42. The molecule has 1 heterocycles. The van der Waals surface area contributed by atoms with E-state index in [2.05, 4.69) is 4.90 Å². The minimum atomic E-state index is 0.855. The summed E-state index contributed by atoms with van der Waals surface area (Å²) in [5, 5.41) is 0. The summed E-state index contributed by atoms with van der Waals surface area (Å²) < 4.78 is 5.68. The summed E-state index contributed by atoms with van der Waals surface area (Å²) in [4.78, 5) is 2.60. The van der Waals surface area contributed by atoms with Gasteiger partial charge in [-0.15, -0.1) is 0 Å². The lowest BCUT2D eigenvalue weighted by Crippen LogP contribution is -2.20. The Morgan fingerprint density at radius 3 is 2.39 bits per heavy atom. The molecule has 0 radical (unpaired) electrons. The maximum Gasteiger partial charge on any atom is 0.119 e. The molecule has 2 rings (SSSR count). The SMILES string of the molecule is c1ccc(OCCCCCCN2CCCC2)cc1. The van der Waals surface area contributed by atoms with Crippen LogP contribution < -0.4 is 4.74 Å². The van der Waals surface area contributed by atoms with Gasteiger partial charge in [0.25, 0.3) is 0 Å². The highest BCUT2D eigenvalue weighted by atomic mass is 16.5. The number of hydrogen-bond donors (Lipinski definition) is 0. The third-order valence-corrected chi connectivity index (χ3v) is 3.58. The zero-order valence-corrected chi connectivity index (χ0v) is 11.3. The highest BCUT2D eigenvalue weighted by molar-refractivity contribution is 5.20. The van der Waals surface area contributed by atoms with E-state index in [-0.39, 0.29) is 0 Å². The van der Waals surface area contributed by atoms with Crippen LogP contribution in [0.25, 0.3) is 0 Å². The summed E-state index contributed by atoms with van der Waals surface area (Å²) in [6, 6.07) is 10.1. The molecule has 1 aliphatic heterocycles. The first-order valence-corrected chi connectivity index (χ1v) is 7.35.